The number of amides is 1. The van der Waals surface area contributed by atoms with Crippen LogP contribution < -0.4 is 0 Å². The summed E-state index contributed by atoms with van der Waals surface area (Å²) in [6.07, 6.45) is 7.62. The van der Waals surface area contributed by atoms with Gasteiger partial charge in [0.25, 0.3) is 5.91 Å². The first-order valence-electron chi connectivity index (χ1n) is 11.0. The minimum absolute atomic E-state index is 0.0719. The van der Waals surface area contributed by atoms with Gasteiger partial charge in [0, 0.05) is 23.0 Å². The second-order valence-electron chi connectivity index (χ2n) is 8.55. The zero-order valence-corrected chi connectivity index (χ0v) is 20.7. The van der Waals surface area contributed by atoms with E-state index < -0.39 is 5.91 Å². The monoisotopic (exact) mass is 499 g/mol. The molecule has 1 aliphatic carbocycles. The van der Waals surface area contributed by atoms with Crippen LogP contribution in [0.4, 0.5) is 0 Å². The van der Waals surface area contributed by atoms with Crippen LogP contribution in [0, 0.1) is 25.2 Å². The molecule has 2 aromatic rings. The van der Waals surface area contributed by atoms with Crippen molar-refractivity contribution >= 4 is 63.0 Å². The molecule has 6 nitrogen and oxygen atoms in total. The van der Waals surface area contributed by atoms with Crippen molar-refractivity contribution in [2.45, 2.75) is 46.0 Å². The highest BCUT2D eigenvalue weighted by Gasteiger charge is 2.38. The summed E-state index contributed by atoms with van der Waals surface area (Å²) >= 11 is 13.7. The van der Waals surface area contributed by atoms with Gasteiger partial charge in [-0.25, -0.2) is 0 Å². The van der Waals surface area contributed by atoms with Gasteiger partial charge >= 0.3 is 0 Å². The maximum absolute atomic E-state index is 12.9. The van der Waals surface area contributed by atoms with E-state index in [1.807, 2.05) is 36.6 Å². The molecule has 0 atom stereocenters. The van der Waals surface area contributed by atoms with Gasteiger partial charge in [-0.1, -0.05) is 42.5 Å². The van der Waals surface area contributed by atoms with Gasteiger partial charge in [0.1, 0.15) is 5.04 Å². The lowest BCUT2D eigenvalue weighted by atomic mass is 9.90. The number of benzene rings is 1. The van der Waals surface area contributed by atoms with Crippen molar-refractivity contribution in [1.82, 2.24) is 9.58 Å². The van der Waals surface area contributed by atoms with Gasteiger partial charge in [-0.3, -0.25) is 10.2 Å². The van der Waals surface area contributed by atoms with Crippen LogP contribution in [-0.4, -0.2) is 31.5 Å². The summed E-state index contributed by atoms with van der Waals surface area (Å²) in [4.78, 5) is 17.1. The van der Waals surface area contributed by atoms with Crippen molar-refractivity contribution in [3.05, 3.63) is 56.8 Å². The van der Waals surface area contributed by atoms with Gasteiger partial charge in [0.15, 0.2) is 5.84 Å². The van der Waals surface area contributed by atoms with E-state index in [2.05, 4.69) is 10.1 Å². The maximum Gasteiger partial charge on any atom is 0.283 e. The Morgan fingerprint density at radius 2 is 1.88 bits per heavy atom. The smallest absolute Gasteiger partial charge is 0.283 e. The first kappa shape index (κ1) is 22.4. The van der Waals surface area contributed by atoms with Gasteiger partial charge in [-0.05, 0) is 74.4 Å². The molecule has 3 aliphatic rings. The highest BCUT2D eigenvalue weighted by molar-refractivity contribution is 8.27. The summed E-state index contributed by atoms with van der Waals surface area (Å²) < 4.78 is 2.05. The number of carbonyl (C=O) groups excluding carboxylic acids is 1. The molecule has 0 bridgehead atoms. The molecule has 1 fully saturated rings. The van der Waals surface area contributed by atoms with Crippen molar-refractivity contribution in [3.8, 4) is 5.69 Å². The molecular weight excluding hydrogens is 477 g/mol. The molecular formula is C24H23Cl2N5OS. The number of rotatable bonds is 3. The molecule has 1 amide bonds. The van der Waals surface area contributed by atoms with E-state index in [1.165, 1.54) is 36.0 Å². The van der Waals surface area contributed by atoms with Crippen molar-refractivity contribution in [2.75, 3.05) is 0 Å². The van der Waals surface area contributed by atoms with Gasteiger partial charge in [0.2, 0.25) is 5.17 Å². The number of hydrogen-bond acceptors (Lipinski definition) is 4. The molecule has 170 valence electrons. The molecule has 3 heterocycles. The number of thioether (sulfide) groups is 1. The Labute approximate surface area is 206 Å². The normalized spacial score (nSPS) is 20.4. The summed E-state index contributed by atoms with van der Waals surface area (Å²) in [5, 5.41) is 17.3. The standard InChI is InChI=1S/C24H23Cl2N5OS/c1-13-10-16(14(2)30(13)17-8-9-19(25)20(26)12-17)11-18-21(27)31-24(28-22(18)32)33-23(29-31)15-6-4-3-5-7-15/h8-12,15,27H,3-7H2,1-2H3/b18-11-,27-21?. The van der Waals surface area contributed by atoms with E-state index in [1.54, 1.807) is 12.1 Å². The number of fused-ring (bicyclic) bond motifs is 1. The quantitative estimate of drug-likeness (QED) is 0.483. The molecule has 2 aliphatic heterocycles. The Morgan fingerprint density at radius 1 is 1.12 bits per heavy atom. The number of hydrazone groups is 1. The number of aryl methyl sites for hydroxylation is 1. The summed E-state index contributed by atoms with van der Waals surface area (Å²) in [5.74, 6) is 0.0679. The maximum atomic E-state index is 12.9. The third-order valence-electron chi connectivity index (χ3n) is 6.36. The Morgan fingerprint density at radius 3 is 2.61 bits per heavy atom. The van der Waals surface area contributed by atoms with E-state index in [9.17, 15) is 4.79 Å². The lowest BCUT2D eigenvalue weighted by molar-refractivity contribution is -0.114. The molecule has 0 saturated heterocycles. The average Bonchev–Trinajstić information content (AvgIpc) is 3.34. The van der Waals surface area contributed by atoms with Gasteiger partial charge < -0.3 is 4.57 Å². The zero-order valence-electron chi connectivity index (χ0n) is 18.4. The summed E-state index contributed by atoms with van der Waals surface area (Å²) in [7, 11) is 0. The fourth-order valence-corrected chi connectivity index (χ4v) is 5.98. The van der Waals surface area contributed by atoms with Crippen molar-refractivity contribution < 1.29 is 4.79 Å². The molecule has 1 saturated carbocycles. The highest BCUT2D eigenvalue weighted by Crippen LogP contribution is 2.36. The van der Waals surface area contributed by atoms with Crippen LogP contribution in [0.2, 0.25) is 10.0 Å². The van der Waals surface area contributed by atoms with Crippen LogP contribution in [0.1, 0.15) is 49.1 Å². The second-order valence-corrected chi connectivity index (χ2v) is 10.4. The van der Waals surface area contributed by atoms with Crippen molar-refractivity contribution in [3.63, 3.8) is 0 Å². The SMILES string of the molecule is Cc1cc(/C=C2/C(=N)N3N=C(C4CCCCC4)SC3=NC2=O)c(C)n1-c1ccc(Cl)c(Cl)c1. The number of nitrogens with one attached hydrogen (secondary N) is 1. The predicted molar refractivity (Wildman–Crippen MR) is 137 cm³/mol. The fraction of sp³-hybridized carbons (Fsp3) is 0.333. The molecule has 1 N–H and O–H groups in total. The van der Waals surface area contributed by atoms with Gasteiger partial charge in [-0.2, -0.15) is 15.1 Å². The number of nitrogens with zero attached hydrogens (tertiary/aromatic N) is 4. The summed E-state index contributed by atoms with van der Waals surface area (Å²) in [6.45, 7) is 3.96. The van der Waals surface area contributed by atoms with Gasteiger partial charge in [-0.15, -0.1) is 0 Å². The topological polar surface area (TPSA) is 73.8 Å². The summed E-state index contributed by atoms with van der Waals surface area (Å²) in [5.41, 5.74) is 3.87. The molecule has 0 spiro atoms. The van der Waals surface area contributed by atoms with E-state index >= 15 is 0 Å². The van der Waals surface area contributed by atoms with Crippen molar-refractivity contribution in [1.29, 1.82) is 5.41 Å². The minimum Gasteiger partial charge on any atom is -0.318 e. The zero-order chi connectivity index (χ0) is 23.3. The van der Waals surface area contributed by atoms with E-state index in [-0.39, 0.29) is 11.4 Å². The predicted octanol–water partition coefficient (Wildman–Crippen LogP) is 6.60. The van der Waals surface area contributed by atoms with Crippen LogP contribution in [0.3, 0.4) is 0 Å². The van der Waals surface area contributed by atoms with E-state index in [0.29, 0.717) is 21.1 Å². The molecule has 9 heteroatoms. The Hall–Kier alpha value is -2.35. The largest absolute Gasteiger partial charge is 0.318 e. The third kappa shape index (κ3) is 4.07. The molecule has 33 heavy (non-hydrogen) atoms. The number of halogens is 2. The Balaban J connectivity index is 1.48. The first-order valence-corrected chi connectivity index (χ1v) is 12.5. The van der Waals surface area contributed by atoms with Crippen LogP contribution >= 0.6 is 35.0 Å². The molecule has 0 unspecified atom stereocenters. The van der Waals surface area contributed by atoms with Gasteiger partial charge in [0.05, 0.1) is 15.6 Å². The highest BCUT2D eigenvalue weighted by atomic mass is 35.5. The number of hydrogen-bond donors (Lipinski definition) is 1. The third-order valence-corrected chi connectivity index (χ3v) is 8.17. The molecule has 1 aromatic heterocycles. The number of amidine groups is 2. The minimum atomic E-state index is -0.404. The van der Waals surface area contributed by atoms with Crippen molar-refractivity contribution in [2.24, 2.45) is 16.0 Å². The van der Waals surface area contributed by atoms with Crippen LogP contribution in [0.15, 0.2) is 39.9 Å². The first-order chi connectivity index (χ1) is 15.8. The second kappa shape index (κ2) is 8.78. The van der Waals surface area contributed by atoms with Crippen LogP contribution in [0.25, 0.3) is 11.8 Å². The molecule has 0 radical (unpaired) electrons. The number of aliphatic imine (C=N–C) groups is 1. The fourth-order valence-electron chi connectivity index (χ4n) is 4.63. The van der Waals surface area contributed by atoms with Crippen LogP contribution in [0.5, 0.6) is 0 Å². The molecule has 5 rings (SSSR count). The Bertz CT molecular complexity index is 1270. The van der Waals surface area contributed by atoms with E-state index in [0.717, 1.165) is 40.5 Å². The average molecular weight is 500 g/mol. The lowest BCUT2D eigenvalue weighted by Crippen LogP contribution is -2.35. The number of carbonyl (C=O) groups is 1. The molecule has 1 aromatic carbocycles. The summed E-state index contributed by atoms with van der Waals surface area (Å²) in [6, 6.07) is 7.46. The Kier molecular flexibility index (Phi) is 5.97. The van der Waals surface area contributed by atoms with E-state index in [4.69, 9.17) is 28.6 Å². The lowest BCUT2D eigenvalue weighted by Gasteiger charge is -2.20. The van der Waals surface area contributed by atoms with Crippen LogP contribution in [-0.2, 0) is 4.79 Å². The number of aromatic nitrogens is 1.